The van der Waals surface area contributed by atoms with E-state index in [1.165, 1.54) is 17.7 Å². The van der Waals surface area contributed by atoms with Crippen molar-refractivity contribution in [1.82, 2.24) is 5.32 Å². The highest BCUT2D eigenvalue weighted by atomic mass is 35.5. The number of hydrogen-bond donors (Lipinski definition) is 1. The lowest BCUT2D eigenvalue weighted by Gasteiger charge is -2.07. The van der Waals surface area contributed by atoms with Crippen LogP contribution in [0.3, 0.4) is 0 Å². The molecular weight excluding hydrogens is 238 g/mol. The lowest BCUT2D eigenvalue weighted by molar-refractivity contribution is 0.586. The van der Waals surface area contributed by atoms with Crippen LogP contribution >= 0.6 is 23.4 Å². The molecule has 0 unspecified atom stereocenters. The van der Waals surface area contributed by atoms with Gasteiger partial charge in [0, 0.05) is 16.8 Å². The van der Waals surface area contributed by atoms with Crippen LogP contribution in [0.5, 0.6) is 0 Å². The van der Waals surface area contributed by atoms with Crippen LogP contribution in [0.25, 0.3) is 0 Å². The summed E-state index contributed by atoms with van der Waals surface area (Å²) < 4.78 is 0. The molecule has 0 radical (unpaired) electrons. The molecule has 0 amide bonds. The maximum Gasteiger partial charge on any atom is 0.0446 e. The summed E-state index contributed by atoms with van der Waals surface area (Å²) in [5, 5.41) is 4.30. The third-order valence-corrected chi connectivity index (χ3v) is 3.69. The monoisotopic (exact) mass is 257 g/mol. The quantitative estimate of drug-likeness (QED) is 0.742. The van der Waals surface area contributed by atoms with E-state index in [0.717, 1.165) is 17.3 Å². The molecule has 1 nitrogen and oxygen atoms in total. The van der Waals surface area contributed by atoms with Crippen molar-refractivity contribution in [3.8, 4) is 0 Å². The van der Waals surface area contributed by atoms with Gasteiger partial charge in [-0.05, 0) is 30.3 Å². The van der Waals surface area contributed by atoms with Crippen molar-refractivity contribution in [2.45, 2.75) is 32.1 Å². The van der Waals surface area contributed by atoms with Crippen LogP contribution in [0, 0.1) is 0 Å². The van der Waals surface area contributed by atoms with Crippen LogP contribution in [-0.2, 0) is 5.75 Å². The molecule has 0 atom stereocenters. The summed E-state index contributed by atoms with van der Waals surface area (Å²) in [6, 6.07) is 8.67. The van der Waals surface area contributed by atoms with Gasteiger partial charge in [0.15, 0.2) is 0 Å². The summed E-state index contributed by atoms with van der Waals surface area (Å²) >= 11 is 8.03. The van der Waals surface area contributed by atoms with Gasteiger partial charge in [-0.1, -0.05) is 43.6 Å². The molecule has 1 aromatic rings. The Morgan fingerprint density at radius 1 is 1.31 bits per heavy atom. The topological polar surface area (TPSA) is 12.0 Å². The van der Waals surface area contributed by atoms with Crippen LogP contribution in [-0.4, -0.2) is 18.3 Å². The second-order valence-corrected chi connectivity index (χ2v) is 5.62. The minimum atomic E-state index is 0.591. The Morgan fingerprint density at radius 2 is 2.06 bits per heavy atom. The van der Waals surface area contributed by atoms with E-state index in [-0.39, 0.29) is 0 Å². The maximum atomic E-state index is 6.08. The van der Waals surface area contributed by atoms with Crippen molar-refractivity contribution in [2.75, 3.05) is 12.3 Å². The molecule has 0 aliphatic heterocycles. The SMILES string of the molecule is CC(C)NCCCSCc1ccccc1Cl. The Hall–Kier alpha value is -0.180. The van der Waals surface area contributed by atoms with Gasteiger partial charge >= 0.3 is 0 Å². The lowest BCUT2D eigenvalue weighted by Crippen LogP contribution is -2.23. The predicted octanol–water partition coefficient (Wildman–Crippen LogP) is 3.96. The fourth-order valence-electron chi connectivity index (χ4n) is 1.36. The van der Waals surface area contributed by atoms with Crippen molar-refractivity contribution in [2.24, 2.45) is 0 Å². The van der Waals surface area contributed by atoms with Gasteiger partial charge in [-0.2, -0.15) is 11.8 Å². The number of thioether (sulfide) groups is 1. The Labute approximate surface area is 108 Å². The molecule has 0 fully saturated rings. The van der Waals surface area contributed by atoms with E-state index in [0.29, 0.717) is 6.04 Å². The number of halogens is 1. The van der Waals surface area contributed by atoms with Gasteiger partial charge in [-0.25, -0.2) is 0 Å². The van der Waals surface area contributed by atoms with Gasteiger partial charge in [0.05, 0.1) is 0 Å². The van der Waals surface area contributed by atoms with E-state index in [1.54, 1.807) is 0 Å². The second-order valence-electron chi connectivity index (χ2n) is 4.11. The van der Waals surface area contributed by atoms with Crippen molar-refractivity contribution in [3.05, 3.63) is 34.9 Å². The van der Waals surface area contributed by atoms with Crippen molar-refractivity contribution in [1.29, 1.82) is 0 Å². The normalized spacial score (nSPS) is 11.0. The molecule has 0 spiro atoms. The summed E-state index contributed by atoms with van der Waals surface area (Å²) in [4.78, 5) is 0. The molecule has 0 aliphatic rings. The molecule has 0 aromatic heterocycles. The van der Waals surface area contributed by atoms with E-state index in [2.05, 4.69) is 25.2 Å². The largest absolute Gasteiger partial charge is 0.315 e. The number of nitrogens with one attached hydrogen (secondary N) is 1. The van der Waals surface area contributed by atoms with Crippen LogP contribution < -0.4 is 5.32 Å². The minimum absolute atomic E-state index is 0.591. The van der Waals surface area contributed by atoms with E-state index in [4.69, 9.17) is 11.6 Å². The Balaban J connectivity index is 2.10. The van der Waals surface area contributed by atoms with Gasteiger partial charge < -0.3 is 5.32 Å². The molecule has 90 valence electrons. The third kappa shape index (κ3) is 5.78. The number of benzene rings is 1. The van der Waals surface area contributed by atoms with Crippen LogP contribution in [0.15, 0.2) is 24.3 Å². The van der Waals surface area contributed by atoms with E-state index in [9.17, 15) is 0 Å². The maximum absolute atomic E-state index is 6.08. The summed E-state index contributed by atoms with van der Waals surface area (Å²) in [6.07, 6.45) is 1.22. The lowest BCUT2D eigenvalue weighted by atomic mass is 10.2. The van der Waals surface area contributed by atoms with E-state index in [1.807, 2.05) is 30.0 Å². The molecule has 0 heterocycles. The highest BCUT2D eigenvalue weighted by molar-refractivity contribution is 7.98. The molecule has 0 aliphatic carbocycles. The first-order chi connectivity index (χ1) is 7.70. The summed E-state index contributed by atoms with van der Waals surface area (Å²) in [5.74, 6) is 2.20. The molecule has 1 aromatic carbocycles. The zero-order valence-corrected chi connectivity index (χ0v) is 11.6. The van der Waals surface area contributed by atoms with Gasteiger partial charge in [-0.15, -0.1) is 0 Å². The van der Waals surface area contributed by atoms with Crippen molar-refractivity contribution < 1.29 is 0 Å². The smallest absolute Gasteiger partial charge is 0.0446 e. The Kier molecular flexibility index (Phi) is 6.93. The first-order valence-electron chi connectivity index (χ1n) is 5.74. The zero-order valence-electron chi connectivity index (χ0n) is 10.0. The average Bonchev–Trinajstić information content (AvgIpc) is 2.25. The van der Waals surface area contributed by atoms with Crippen molar-refractivity contribution in [3.63, 3.8) is 0 Å². The third-order valence-electron chi connectivity index (χ3n) is 2.23. The summed E-state index contributed by atoms with van der Waals surface area (Å²) in [7, 11) is 0. The first-order valence-corrected chi connectivity index (χ1v) is 7.28. The zero-order chi connectivity index (χ0) is 11.8. The number of rotatable bonds is 7. The molecule has 3 heteroatoms. The second kappa shape index (κ2) is 7.99. The van der Waals surface area contributed by atoms with Crippen LogP contribution in [0.1, 0.15) is 25.8 Å². The van der Waals surface area contributed by atoms with Crippen molar-refractivity contribution >= 4 is 23.4 Å². The van der Waals surface area contributed by atoms with Gasteiger partial charge in [0.25, 0.3) is 0 Å². The molecule has 1 N–H and O–H groups in total. The van der Waals surface area contributed by atoms with Gasteiger partial charge in [-0.3, -0.25) is 0 Å². The van der Waals surface area contributed by atoms with E-state index < -0.39 is 0 Å². The molecule has 0 bridgehead atoms. The predicted molar refractivity (Wildman–Crippen MR) is 75.4 cm³/mol. The molecule has 0 saturated carbocycles. The van der Waals surface area contributed by atoms with Gasteiger partial charge in [0.1, 0.15) is 0 Å². The molecular formula is C13H20ClNS. The highest BCUT2D eigenvalue weighted by Gasteiger charge is 1.98. The van der Waals surface area contributed by atoms with Gasteiger partial charge in [0.2, 0.25) is 0 Å². The highest BCUT2D eigenvalue weighted by Crippen LogP contribution is 2.20. The van der Waals surface area contributed by atoms with E-state index >= 15 is 0 Å². The fourth-order valence-corrected chi connectivity index (χ4v) is 2.61. The first kappa shape index (κ1) is 13.9. The molecule has 16 heavy (non-hydrogen) atoms. The Bertz CT molecular complexity index is 302. The minimum Gasteiger partial charge on any atom is -0.315 e. The molecule has 1 rings (SSSR count). The Morgan fingerprint density at radius 3 is 2.75 bits per heavy atom. The number of hydrogen-bond acceptors (Lipinski definition) is 2. The van der Waals surface area contributed by atoms with Crippen LogP contribution in [0.2, 0.25) is 5.02 Å². The molecule has 0 saturated heterocycles. The summed E-state index contributed by atoms with van der Waals surface area (Å²) in [5.41, 5.74) is 1.24. The van der Waals surface area contributed by atoms with Crippen LogP contribution in [0.4, 0.5) is 0 Å². The standard InChI is InChI=1S/C13H20ClNS/c1-11(2)15-8-5-9-16-10-12-6-3-4-7-13(12)14/h3-4,6-7,11,15H,5,8-10H2,1-2H3. The summed E-state index contributed by atoms with van der Waals surface area (Å²) in [6.45, 7) is 5.46. The fraction of sp³-hybridized carbons (Fsp3) is 0.538. The average molecular weight is 258 g/mol.